The molecule has 0 radical (unpaired) electrons. The van der Waals surface area contributed by atoms with Gasteiger partial charge in [0.15, 0.2) is 0 Å². The maximum absolute atomic E-state index is 9.97. The summed E-state index contributed by atoms with van der Waals surface area (Å²) in [6.45, 7) is 4.73. The van der Waals surface area contributed by atoms with Crippen molar-refractivity contribution in [3.63, 3.8) is 0 Å². The number of aliphatic hydroxyl groups excluding tert-OH is 1. The van der Waals surface area contributed by atoms with Crippen molar-refractivity contribution < 1.29 is 5.11 Å². The molecule has 4 atom stereocenters. The first kappa shape index (κ1) is 12.4. The van der Waals surface area contributed by atoms with Crippen molar-refractivity contribution in [2.75, 3.05) is 0 Å². The van der Waals surface area contributed by atoms with Crippen molar-refractivity contribution in [2.45, 2.75) is 77.0 Å². The molecule has 0 aromatic carbocycles. The second kappa shape index (κ2) is 5.50. The first-order chi connectivity index (χ1) is 7.65. The van der Waals surface area contributed by atoms with Crippen molar-refractivity contribution in [1.82, 2.24) is 5.32 Å². The Kier molecular flexibility index (Phi) is 4.26. The Morgan fingerprint density at radius 3 is 2.19 bits per heavy atom. The van der Waals surface area contributed by atoms with E-state index in [9.17, 15) is 5.11 Å². The summed E-state index contributed by atoms with van der Waals surface area (Å²) in [4.78, 5) is 0. The number of aliphatic hydroxyl groups is 1. The third-order valence-corrected chi connectivity index (χ3v) is 4.36. The summed E-state index contributed by atoms with van der Waals surface area (Å²) in [5.41, 5.74) is 0. The number of hydrogen-bond donors (Lipinski definition) is 2. The Labute approximate surface area is 99.8 Å². The van der Waals surface area contributed by atoms with Crippen LogP contribution >= 0.6 is 0 Å². The van der Waals surface area contributed by atoms with E-state index in [-0.39, 0.29) is 6.10 Å². The van der Waals surface area contributed by atoms with E-state index in [0.29, 0.717) is 12.1 Å². The van der Waals surface area contributed by atoms with Crippen LogP contribution in [0.3, 0.4) is 0 Å². The fourth-order valence-corrected chi connectivity index (χ4v) is 3.69. The highest BCUT2D eigenvalue weighted by Gasteiger charge is 2.29. The molecule has 0 bridgehead atoms. The molecule has 2 heteroatoms. The van der Waals surface area contributed by atoms with Crippen LogP contribution in [0.5, 0.6) is 0 Å². The van der Waals surface area contributed by atoms with Crippen LogP contribution in [0.4, 0.5) is 0 Å². The molecule has 0 amide bonds. The van der Waals surface area contributed by atoms with Crippen LogP contribution < -0.4 is 5.32 Å². The second-order valence-corrected chi connectivity index (χ2v) is 6.24. The SMILES string of the molecule is CC1CC(C)CC(N[C@H]2CCCC[C@@H]2O)C1. The maximum Gasteiger partial charge on any atom is 0.0693 e. The lowest BCUT2D eigenvalue weighted by atomic mass is 9.79. The molecule has 2 aliphatic carbocycles. The van der Waals surface area contributed by atoms with Gasteiger partial charge >= 0.3 is 0 Å². The topological polar surface area (TPSA) is 32.3 Å². The predicted molar refractivity (Wildman–Crippen MR) is 67.4 cm³/mol. The van der Waals surface area contributed by atoms with Gasteiger partial charge in [0.05, 0.1) is 6.10 Å². The highest BCUT2D eigenvalue weighted by atomic mass is 16.3. The Hall–Kier alpha value is -0.0800. The average molecular weight is 225 g/mol. The van der Waals surface area contributed by atoms with E-state index in [1.54, 1.807) is 0 Å². The van der Waals surface area contributed by atoms with Gasteiger partial charge < -0.3 is 10.4 Å². The van der Waals surface area contributed by atoms with Crippen molar-refractivity contribution in [3.8, 4) is 0 Å². The van der Waals surface area contributed by atoms with Gasteiger partial charge in [-0.05, 0) is 43.9 Å². The summed E-state index contributed by atoms with van der Waals surface area (Å²) in [5.74, 6) is 1.70. The Balaban J connectivity index is 1.83. The molecule has 0 aromatic rings. The van der Waals surface area contributed by atoms with Gasteiger partial charge in [-0.2, -0.15) is 0 Å². The first-order valence-corrected chi connectivity index (χ1v) is 7.09. The highest BCUT2D eigenvalue weighted by Crippen LogP contribution is 2.30. The second-order valence-electron chi connectivity index (χ2n) is 6.24. The summed E-state index contributed by atoms with van der Waals surface area (Å²) >= 11 is 0. The summed E-state index contributed by atoms with van der Waals surface area (Å²) in [5, 5.41) is 13.7. The monoisotopic (exact) mass is 225 g/mol. The first-order valence-electron chi connectivity index (χ1n) is 7.09. The van der Waals surface area contributed by atoms with Crippen molar-refractivity contribution in [3.05, 3.63) is 0 Å². The standard InChI is InChI=1S/C14H27NO/c1-10-7-11(2)9-12(8-10)15-13-5-3-4-6-14(13)16/h10-16H,3-9H2,1-2H3/t10?,11?,12?,13-,14-/m0/s1. The Morgan fingerprint density at radius 1 is 0.938 bits per heavy atom. The number of nitrogens with one attached hydrogen (secondary N) is 1. The summed E-state index contributed by atoms with van der Waals surface area (Å²) in [7, 11) is 0. The van der Waals surface area contributed by atoms with Crippen LogP contribution in [-0.2, 0) is 0 Å². The predicted octanol–water partition coefficient (Wildman–Crippen LogP) is 2.70. The van der Waals surface area contributed by atoms with Gasteiger partial charge in [-0.3, -0.25) is 0 Å². The van der Waals surface area contributed by atoms with E-state index in [1.165, 1.54) is 38.5 Å². The minimum atomic E-state index is -0.0960. The van der Waals surface area contributed by atoms with Gasteiger partial charge in [0.25, 0.3) is 0 Å². The molecule has 2 rings (SSSR count). The molecule has 2 N–H and O–H groups in total. The molecule has 0 heterocycles. The number of hydrogen-bond acceptors (Lipinski definition) is 2. The number of rotatable bonds is 2. The van der Waals surface area contributed by atoms with Gasteiger partial charge in [-0.25, -0.2) is 0 Å². The molecule has 94 valence electrons. The van der Waals surface area contributed by atoms with Crippen LogP contribution in [0.1, 0.15) is 58.8 Å². The van der Waals surface area contributed by atoms with Gasteiger partial charge in [0.2, 0.25) is 0 Å². The zero-order chi connectivity index (χ0) is 11.5. The van der Waals surface area contributed by atoms with Crippen LogP contribution in [0.2, 0.25) is 0 Å². The summed E-state index contributed by atoms with van der Waals surface area (Å²) in [6, 6.07) is 1.02. The molecule has 0 aromatic heterocycles. The van der Waals surface area contributed by atoms with Gasteiger partial charge in [0.1, 0.15) is 0 Å². The molecule has 2 fully saturated rings. The van der Waals surface area contributed by atoms with Crippen LogP contribution in [0.25, 0.3) is 0 Å². The van der Waals surface area contributed by atoms with E-state index >= 15 is 0 Å². The van der Waals surface area contributed by atoms with Crippen LogP contribution in [0, 0.1) is 11.8 Å². The van der Waals surface area contributed by atoms with Crippen molar-refractivity contribution in [2.24, 2.45) is 11.8 Å². The molecule has 2 unspecified atom stereocenters. The van der Waals surface area contributed by atoms with Gasteiger partial charge in [-0.15, -0.1) is 0 Å². The lowest BCUT2D eigenvalue weighted by Gasteiger charge is -2.37. The van der Waals surface area contributed by atoms with Gasteiger partial charge in [-0.1, -0.05) is 26.7 Å². The third-order valence-electron chi connectivity index (χ3n) is 4.36. The zero-order valence-corrected chi connectivity index (χ0v) is 10.8. The molecular formula is C14H27NO. The quantitative estimate of drug-likeness (QED) is 0.757. The Bertz CT molecular complexity index is 209. The molecule has 0 spiro atoms. The molecule has 2 nitrogen and oxygen atoms in total. The maximum atomic E-state index is 9.97. The van der Waals surface area contributed by atoms with E-state index in [4.69, 9.17) is 0 Å². The molecule has 2 saturated carbocycles. The molecule has 0 saturated heterocycles. The smallest absolute Gasteiger partial charge is 0.0693 e. The molecule has 2 aliphatic rings. The van der Waals surface area contributed by atoms with Crippen LogP contribution in [-0.4, -0.2) is 23.3 Å². The van der Waals surface area contributed by atoms with Crippen molar-refractivity contribution >= 4 is 0 Å². The molecule has 16 heavy (non-hydrogen) atoms. The minimum Gasteiger partial charge on any atom is -0.392 e. The van der Waals surface area contributed by atoms with Crippen LogP contribution in [0.15, 0.2) is 0 Å². The average Bonchev–Trinajstić information content (AvgIpc) is 2.20. The van der Waals surface area contributed by atoms with Crippen molar-refractivity contribution in [1.29, 1.82) is 0 Å². The zero-order valence-electron chi connectivity index (χ0n) is 10.8. The van der Waals surface area contributed by atoms with E-state index in [0.717, 1.165) is 18.3 Å². The summed E-state index contributed by atoms with van der Waals surface area (Å²) in [6.07, 6.45) is 8.53. The normalized spacial score (nSPS) is 45.6. The fourth-order valence-electron chi connectivity index (χ4n) is 3.69. The van der Waals surface area contributed by atoms with Gasteiger partial charge in [0, 0.05) is 12.1 Å². The minimum absolute atomic E-state index is 0.0960. The Morgan fingerprint density at radius 2 is 1.56 bits per heavy atom. The van der Waals surface area contributed by atoms with E-state index in [1.807, 2.05) is 0 Å². The van der Waals surface area contributed by atoms with E-state index < -0.39 is 0 Å². The lowest BCUT2D eigenvalue weighted by molar-refractivity contribution is 0.0759. The largest absolute Gasteiger partial charge is 0.392 e. The third kappa shape index (κ3) is 3.21. The fraction of sp³-hybridized carbons (Fsp3) is 1.00. The lowest BCUT2D eigenvalue weighted by Crippen LogP contribution is -2.49. The highest BCUT2D eigenvalue weighted by molar-refractivity contribution is 4.87. The molecular weight excluding hydrogens is 198 g/mol. The summed E-state index contributed by atoms with van der Waals surface area (Å²) < 4.78 is 0. The van der Waals surface area contributed by atoms with E-state index in [2.05, 4.69) is 19.2 Å². The molecule has 0 aliphatic heterocycles.